The lowest BCUT2D eigenvalue weighted by Gasteiger charge is -2.27. The number of benzene rings is 1. The Labute approximate surface area is 120 Å². The summed E-state index contributed by atoms with van der Waals surface area (Å²) < 4.78 is 5.50. The molecule has 1 aliphatic rings. The van der Waals surface area contributed by atoms with Crippen molar-refractivity contribution >= 4 is 11.6 Å². The quantitative estimate of drug-likeness (QED) is 0.839. The van der Waals surface area contributed by atoms with E-state index in [-0.39, 0.29) is 11.4 Å². The van der Waals surface area contributed by atoms with Crippen LogP contribution >= 0.6 is 0 Å². The first-order valence-electron chi connectivity index (χ1n) is 6.99. The first-order chi connectivity index (χ1) is 9.56. The highest BCUT2D eigenvalue weighted by Crippen LogP contribution is 2.27. The molecule has 1 N–H and O–H groups in total. The predicted molar refractivity (Wildman–Crippen MR) is 81.0 cm³/mol. The summed E-state index contributed by atoms with van der Waals surface area (Å²) in [7, 11) is 0. The molecule has 1 unspecified atom stereocenters. The molecule has 0 saturated carbocycles. The van der Waals surface area contributed by atoms with E-state index < -0.39 is 0 Å². The number of hydrogen-bond acceptors (Lipinski definition) is 3. The molecular formula is C16H22N2O2. The van der Waals surface area contributed by atoms with Crippen LogP contribution in [0.1, 0.15) is 20.3 Å². The van der Waals surface area contributed by atoms with Crippen LogP contribution in [0.4, 0.5) is 5.69 Å². The molecule has 1 saturated heterocycles. The molecule has 0 radical (unpaired) electrons. The monoisotopic (exact) mass is 274 g/mol. The topological polar surface area (TPSA) is 41.6 Å². The number of likely N-dealkylation sites (tertiary alicyclic amines) is 1. The maximum Gasteiger partial charge on any atom is 0.246 e. The van der Waals surface area contributed by atoms with Gasteiger partial charge in [0.2, 0.25) is 5.91 Å². The zero-order valence-corrected chi connectivity index (χ0v) is 12.2. The van der Waals surface area contributed by atoms with Crippen molar-refractivity contribution in [2.75, 3.05) is 25.0 Å². The second-order valence-corrected chi connectivity index (χ2v) is 5.36. The molecule has 1 atom stereocenters. The summed E-state index contributed by atoms with van der Waals surface area (Å²) in [4.78, 5) is 13.5. The van der Waals surface area contributed by atoms with Crippen LogP contribution in [0.3, 0.4) is 0 Å². The largest absolute Gasteiger partial charge is 0.494 e. The second kappa shape index (κ2) is 5.99. The Morgan fingerprint density at radius 2 is 2.40 bits per heavy atom. The van der Waals surface area contributed by atoms with E-state index in [1.807, 2.05) is 36.1 Å². The summed E-state index contributed by atoms with van der Waals surface area (Å²) in [5, 5.41) is 3.52. The van der Waals surface area contributed by atoms with Crippen LogP contribution in [0, 0.1) is 0 Å². The van der Waals surface area contributed by atoms with E-state index in [1.165, 1.54) is 6.08 Å². The van der Waals surface area contributed by atoms with Crippen LogP contribution in [-0.4, -0.2) is 36.0 Å². The van der Waals surface area contributed by atoms with E-state index >= 15 is 0 Å². The number of hydrogen-bond donors (Lipinski definition) is 1. The van der Waals surface area contributed by atoms with Crippen molar-refractivity contribution in [1.82, 2.24) is 4.90 Å². The van der Waals surface area contributed by atoms with Gasteiger partial charge in [0.15, 0.2) is 0 Å². The highest BCUT2D eigenvalue weighted by molar-refractivity contribution is 5.87. The zero-order valence-electron chi connectivity index (χ0n) is 12.2. The van der Waals surface area contributed by atoms with Crippen LogP contribution in [-0.2, 0) is 4.79 Å². The van der Waals surface area contributed by atoms with Gasteiger partial charge in [-0.1, -0.05) is 12.6 Å². The van der Waals surface area contributed by atoms with Crippen molar-refractivity contribution in [3.63, 3.8) is 0 Å². The van der Waals surface area contributed by atoms with Gasteiger partial charge in [0, 0.05) is 24.8 Å². The molecule has 1 fully saturated rings. The van der Waals surface area contributed by atoms with Crippen LogP contribution in [0.2, 0.25) is 0 Å². The van der Waals surface area contributed by atoms with Crippen LogP contribution in [0.5, 0.6) is 5.75 Å². The summed E-state index contributed by atoms with van der Waals surface area (Å²) in [5.74, 6) is 0.858. The number of ether oxygens (including phenoxy) is 1. The van der Waals surface area contributed by atoms with Crippen molar-refractivity contribution < 1.29 is 9.53 Å². The molecule has 1 aromatic carbocycles. The maximum atomic E-state index is 11.7. The highest BCUT2D eigenvalue weighted by Gasteiger charge is 2.35. The van der Waals surface area contributed by atoms with Crippen LogP contribution in [0.15, 0.2) is 36.9 Å². The second-order valence-electron chi connectivity index (χ2n) is 5.36. The van der Waals surface area contributed by atoms with E-state index in [9.17, 15) is 4.79 Å². The normalized spacial score (nSPS) is 21.6. The minimum absolute atomic E-state index is 0.00130. The van der Waals surface area contributed by atoms with Crippen LogP contribution in [0.25, 0.3) is 0 Å². The number of carbonyl (C=O) groups excluding carboxylic acids is 1. The maximum absolute atomic E-state index is 11.7. The Balaban J connectivity index is 2.04. The molecule has 1 amide bonds. The lowest BCUT2D eigenvalue weighted by atomic mass is 10.0. The number of nitrogens with zero attached hydrogens (tertiary/aromatic N) is 1. The van der Waals surface area contributed by atoms with Gasteiger partial charge in [-0.05, 0) is 38.5 Å². The molecule has 1 heterocycles. The molecule has 0 spiro atoms. The molecule has 1 aliphatic heterocycles. The van der Waals surface area contributed by atoms with E-state index in [1.54, 1.807) is 0 Å². The minimum Gasteiger partial charge on any atom is -0.494 e. The first-order valence-corrected chi connectivity index (χ1v) is 6.99. The number of nitrogens with one attached hydrogen (secondary N) is 1. The number of anilines is 1. The van der Waals surface area contributed by atoms with Gasteiger partial charge in [0.05, 0.1) is 12.1 Å². The summed E-state index contributed by atoms with van der Waals surface area (Å²) in [6, 6.07) is 7.93. The van der Waals surface area contributed by atoms with Crippen molar-refractivity contribution in [1.29, 1.82) is 0 Å². The van der Waals surface area contributed by atoms with E-state index in [2.05, 4.69) is 18.8 Å². The SMILES string of the molecule is C=CC(=O)N1CCC(C)(Nc2cccc(OCC)c2)C1. The fraction of sp³-hybridized carbons (Fsp3) is 0.438. The lowest BCUT2D eigenvalue weighted by Crippen LogP contribution is -2.39. The lowest BCUT2D eigenvalue weighted by molar-refractivity contribution is -0.125. The van der Waals surface area contributed by atoms with Gasteiger partial charge < -0.3 is 15.0 Å². The Bertz CT molecular complexity index is 501. The van der Waals surface area contributed by atoms with Gasteiger partial charge in [0.1, 0.15) is 5.75 Å². The molecule has 20 heavy (non-hydrogen) atoms. The minimum atomic E-state index is -0.108. The van der Waals surface area contributed by atoms with Gasteiger partial charge in [-0.2, -0.15) is 0 Å². The Morgan fingerprint density at radius 1 is 1.60 bits per heavy atom. The molecular weight excluding hydrogens is 252 g/mol. The standard InChI is InChI=1S/C16H22N2O2/c1-4-15(19)18-10-9-16(3,12-18)17-13-7-6-8-14(11-13)20-5-2/h4,6-8,11,17H,1,5,9-10,12H2,2-3H3. The average molecular weight is 274 g/mol. The van der Waals surface area contributed by atoms with Crippen molar-refractivity contribution in [2.45, 2.75) is 25.8 Å². The number of carbonyl (C=O) groups is 1. The smallest absolute Gasteiger partial charge is 0.246 e. The Kier molecular flexibility index (Phi) is 4.32. The molecule has 4 nitrogen and oxygen atoms in total. The molecule has 4 heteroatoms. The van der Waals surface area contributed by atoms with Gasteiger partial charge in [0.25, 0.3) is 0 Å². The van der Waals surface area contributed by atoms with E-state index in [0.717, 1.165) is 24.4 Å². The van der Waals surface area contributed by atoms with Gasteiger partial charge in [-0.3, -0.25) is 4.79 Å². The third-order valence-electron chi connectivity index (χ3n) is 3.55. The third kappa shape index (κ3) is 3.32. The van der Waals surface area contributed by atoms with Gasteiger partial charge >= 0.3 is 0 Å². The molecule has 108 valence electrons. The summed E-state index contributed by atoms with van der Waals surface area (Å²) in [6.07, 6.45) is 2.30. The molecule has 1 aromatic rings. The molecule has 0 aliphatic carbocycles. The highest BCUT2D eigenvalue weighted by atomic mass is 16.5. The first kappa shape index (κ1) is 14.4. The Hall–Kier alpha value is -1.97. The third-order valence-corrected chi connectivity index (χ3v) is 3.55. The average Bonchev–Trinajstić information content (AvgIpc) is 2.81. The van der Waals surface area contributed by atoms with Crippen molar-refractivity contribution in [3.8, 4) is 5.75 Å². The van der Waals surface area contributed by atoms with E-state index in [0.29, 0.717) is 13.2 Å². The molecule has 2 rings (SSSR count). The Morgan fingerprint density at radius 3 is 3.10 bits per heavy atom. The summed E-state index contributed by atoms with van der Waals surface area (Å²) in [5.41, 5.74) is 0.912. The predicted octanol–water partition coefficient (Wildman–Crippen LogP) is 2.67. The summed E-state index contributed by atoms with van der Waals surface area (Å²) in [6.45, 7) is 9.76. The van der Waals surface area contributed by atoms with Gasteiger partial charge in [-0.25, -0.2) is 0 Å². The number of rotatable bonds is 5. The van der Waals surface area contributed by atoms with Crippen molar-refractivity contribution in [2.24, 2.45) is 0 Å². The fourth-order valence-corrected chi connectivity index (χ4v) is 2.56. The number of amides is 1. The van der Waals surface area contributed by atoms with E-state index in [4.69, 9.17) is 4.74 Å². The van der Waals surface area contributed by atoms with Crippen LogP contribution < -0.4 is 10.1 Å². The zero-order chi connectivity index (χ0) is 14.6. The fourth-order valence-electron chi connectivity index (χ4n) is 2.56. The molecule has 0 bridgehead atoms. The van der Waals surface area contributed by atoms with Gasteiger partial charge in [-0.15, -0.1) is 0 Å². The van der Waals surface area contributed by atoms with Crippen molar-refractivity contribution in [3.05, 3.63) is 36.9 Å². The molecule has 0 aromatic heterocycles. The summed E-state index contributed by atoms with van der Waals surface area (Å²) >= 11 is 0.